The predicted molar refractivity (Wildman–Crippen MR) is 77.3 cm³/mol. The van der Waals surface area contributed by atoms with Gasteiger partial charge in [-0.25, -0.2) is 4.39 Å². The van der Waals surface area contributed by atoms with Gasteiger partial charge < -0.3 is 9.84 Å². The molecule has 21 heavy (non-hydrogen) atoms. The Morgan fingerprint density at radius 1 is 1.38 bits per heavy atom. The second-order valence-electron chi connectivity index (χ2n) is 6.22. The molecular formula is C16H23FN2O2. The number of piperidine rings is 1. The van der Waals surface area contributed by atoms with Crippen LogP contribution in [0, 0.1) is 11.7 Å². The molecule has 1 aromatic rings. The summed E-state index contributed by atoms with van der Waals surface area (Å²) >= 11 is 0. The normalized spacial score (nSPS) is 25.0. The molecule has 1 saturated heterocycles. The highest BCUT2D eigenvalue weighted by molar-refractivity contribution is 5.08. The van der Waals surface area contributed by atoms with E-state index in [9.17, 15) is 9.50 Å². The second-order valence-corrected chi connectivity index (χ2v) is 6.22. The summed E-state index contributed by atoms with van der Waals surface area (Å²) in [5.74, 6) is 0.409. The third-order valence-electron chi connectivity index (χ3n) is 4.25. The summed E-state index contributed by atoms with van der Waals surface area (Å²) in [6.07, 6.45) is 5.58. The van der Waals surface area contributed by atoms with Crippen LogP contribution in [0.1, 0.15) is 37.5 Å². The summed E-state index contributed by atoms with van der Waals surface area (Å²) in [7, 11) is 0. The van der Waals surface area contributed by atoms with E-state index in [1.165, 1.54) is 18.9 Å². The van der Waals surface area contributed by atoms with Crippen LogP contribution in [0.3, 0.4) is 0 Å². The highest BCUT2D eigenvalue weighted by atomic mass is 19.1. The first kappa shape index (κ1) is 14.9. The minimum Gasteiger partial charge on any atom is -0.385 e. The molecule has 0 spiro atoms. The fourth-order valence-electron chi connectivity index (χ4n) is 2.79. The van der Waals surface area contributed by atoms with Gasteiger partial charge in [0.15, 0.2) is 0 Å². The molecular weight excluding hydrogens is 271 g/mol. The smallest absolute Gasteiger partial charge is 0.141 e. The quantitative estimate of drug-likeness (QED) is 0.873. The molecule has 1 aliphatic carbocycles. The van der Waals surface area contributed by atoms with Crippen LogP contribution >= 0.6 is 0 Å². The third kappa shape index (κ3) is 4.46. The number of likely N-dealkylation sites (tertiary alicyclic amines) is 1. The number of aliphatic hydroxyl groups excluding tert-OH is 1. The van der Waals surface area contributed by atoms with E-state index in [0.29, 0.717) is 12.2 Å². The summed E-state index contributed by atoms with van der Waals surface area (Å²) in [5, 5.41) is 10.2. The average molecular weight is 294 g/mol. The van der Waals surface area contributed by atoms with E-state index < -0.39 is 6.10 Å². The molecule has 2 atom stereocenters. The molecule has 1 aliphatic heterocycles. The van der Waals surface area contributed by atoms with E-state index in [1.54, 1.807) is 6.07 Å². The van der Waals surface area contributed by atoms with Gasteiger partial charge in [-0.1, -0.05) is 0 Å². The zero-order valence-electron chi connectivity index (χ0n) is 12.2. The van der Waals surface area contributed by atoms with Crippen molar-refractivity contribution < 1.29 is 14.2 Å². The fraction of sp³-hybridized carbons (Fsp3) is 0.688. The monoisotopic (exact) mass is 294 g/mol. The van der Waals surface area contributed by atoms with Crippen molar-refractivity contribution in [2.45, 2.75) is 37.9 Å². The van der Waals surface area contributed by atoms with Gasteiger partial charge in [-0.15, -0.1) is 0 Å². The topological polar surface area (TPSA) is 45.6 Å². The average Bonchev–Trinajstić information content (AvgIpc) is 3.30. The Hall–Kier alpha value is -1.04. The minimum atomic E-state index is -0.673. The summed E-state index contributed by atoms with van der Waals surface area (Å²) in [6, 6.07) is 2.88. The van der Waals surface area contributed by atoms with Gasteiger partial charge in [-0.05, 0) is 50.3 Å². The molecule has 1 aromatic heterocycles. The maximum atomic E-state index is 12.8. The lowest BCUT2D eigenvalue weighted by Crippen LogP contribution is -2.42. The number of nitrogens with zero attached hydrogens (tertiary/aromatic N) is 2. The first-order valence-electron chi connectivity index (χ1n) is 7.84. The molecule has 0 bridgehead atoms. The summed E-state index contributed by atoms with van der Waals surface area (Å²) in [4.78, 5) is 6.17. The Labute approximate surface area is 124 Å². The number of rotatable bonds is 6. The number of pyridine rings is 1. The molecule has 5 heteroatoms. The standard InChI is InChI=1S/C16H23FN2O2/c17-13-5-6-15(18-8-13)16(20)10-19-7-1-2-14(9-19)21-11-12-3-4-12/h5-6,8,12,14,16,20H,1-4,7,9-11H2. The van der Waals surface area contributed by atoms with Gasteiger partial charge in [0.05, 0.1) is 18.0 Å². The van der Waals surface area contributed by atoms with Gasteiger partial charge in [-0.3, -0.25) is 9.88 Å². The van der Waals surface area contributed by atoms with Crippen molar-refractivity contribution >= 4 is 0 Å². The molecule has 1 N–H and O–H groups in total. The lowest BCUT2D eigenvalue weighted by Gasteiger charge is -2.33. The number of β-amino-alcohol motifs (C(OH)–C–C–N with tert-alkyl or cyclic N) is 1. The van der Waals surface area contributed by atoms with E-state index in [-0.39, 0.29) is 11.9 Å². The lowest BCUT2D eigenvalue weighted by molar-refractivity contribution is -0.0165. The molecule has 2 heterocycles. The Morgan fingerprint density at radius 3 is 2.95 bits per heavy atom. The van der Waals surface area contributed by atoms with Gasteiger partial charge in [0.2, 0.25) is 0 Å². The highest BCUT2D eigenvalue weighted by Crippen LogP contribution is 2.30. The predicted octanol–water partition coefficient (Wildman–Crippen LogP) is 2.15. The van der Waals surface area contributed by atoms with Gasteiger partial charge in [0.1, 0.15) is 11.9 Å². The number of aromatic nitrogens is 1. The number of halogens is 1. The van der Waals surface area contributed by atoms with Crippen molar-refractivity contribution in [2.75, 3.05) is 26.2 Å². The van der Waals surface area contributed by atoms with E-state index in [2.05, 4.69) is 9.88 Å². The zero-order chi connectivity index (χ0) is 14.7. The van der Waals surface area contributed by atoms with E-state index in [0.717, 1.165) is 44.7 Å². The van der Waals surface area contributed by atoms with Gasteiger partial charge in [0, 0.05) is 19.7 Å². The molecule has 2 unspecified atom stereocenters. The minimum absolute atomic E-state index is 0.285. The Balaban J connectivity index is 1.47. The maximum Gasteiger partial charge on any atom is 0.141 e. The van der Waals surface area contributed by atoms with Crippen LogP contribution < -0.4 is 0 Å². The Morgan fingerprint density at radius 2 is 2.24 bits per heavy atom. The van der Waals surface area contributed by atoms with E-state index in [4.69, 9.17) is 4.74 Å². The first-order valence-corrected chi connectivity index (χ1v) is 7.84. The zero-order valence-corrected chi connectivity index (χ0v) is 12.2. The van der Waals surface area contributed by atoms with Crippen LogP contribution in [0.4, 0.5) is 4.39 Å². The largest absolute Gasteiger partial charge is 0.385 e. The molecule has 4 nitrogen and oxygen atoms in total. The SMILES string of the molecule is OC(CN1CCCC(OCC2CC2)C1)c1ccc(F)cn1. The lowest BCUT2D eigenvalue weighted by atomic mass is 10.1. The van der Waals surface area contributed by atoms with Crippen LogP contribution in [-0.4, -0.2) is 47.3 Å². The molecule has 0 amide bonds. The molecule has 2 aliphatic rings. The van der Waals surface area contributed by atoms with Gasteiger partial charge >= 0.3 is 0 Å². The van der Waals surface area contributed by atoms with Gasteiger partial charge in [0.25, 0.3) is 0 Å². The Kier molecular flexibility index (Phi) is 4.83. The number of ether oxygens (including phenoxy) is 1. The second kappa shape index (κ2) is 6.81. The number of hydrogen-bond acceptors (Lipinski definition) is 4. The van der Waals surface area contributed by atoms with Crippen molar-refractivity contribution in [2.24, 2.45) is 5.92 Å². The van der Waals surface area contributed by atoms with Crippen molar-refractivity contribution in [1.29, 1.82) is 0 Å². The Bertz CT molecular complexity index is 450. The van der Waals surface area contributed by atoms with Crippen LogP contribution in [0.5, 0.6) is 0 Å². The molecule has 0 radical (unpaired) electrons. The third-order valence-corrected chi connectivity index (χ3v) is 4.25. The maximum absolute atomic E-state index is 12.8. The first-order chi connectivity index (χ1) is 10.2. The van der Waals surface area contributed by atoms with Crippen LogP contribution in [0.2, 0.25) is 0 Å². The van der Waals surface area contributed by atoms with Crippen molar-refractivity contribution in [3.8, 4) is 0 Å². The summed E-state index contributed by atoms with van der Waals surface area (Å²) < 4.78 is 18.8. The van der Waals surface area contributed by atoms with Gasteiger partial charge in [-0.2, -0.15) is 0 Å². The van der Waals surface area contributed by atoms with Crippen molar-refractivity contribution in [3.05, 3.63) is 29.8 Å². The number of hydrogen-bond donors (Lipinski definition) is 1. The van der Waals surface area contributed by atoms with Crippen LogP contribution in [-0.2, 0) is 4.74 Å². The van der Waals surface area contributed by atoms with E-state index >= 15 is 0 Å². The highest BCUT2D eigenvalue weighted by Gasteiger charge is 2.26. The van der Waals surface area contributed by atoms with Crippen molar-refractivity contribution in [3.63, 3.8) is 0 Å². The molecule has 0 aromatic carbocycles. The van der Waals surface area contributed by atoms with Crippen molar-refractivity contribution in [1.82, 2.24) is 9.88 Å². The molecule has 1 saturated carbocycles. The summed E-state index contributed by atoms with van der Waals surface area (Å²) in [6.45, 7) is 3.26. The molecule has 2 fully saturated rings. The van der Waals surface area contributed by atoms with Crippen LogP contribution in [0.25, 0.3) is 0 Å². The van der Waals surface area contributed by atoms with E-state index in [1.807, 2.05) is 0 Å². The fourth-order valence-corrected chi connectivity index (χ4v) is 2.79. The molecule has 3 rings (SSSR count). The number of aliphatic hydroxyl groups is 1. The van der Waals surface area contributed by atoms with Crippen LogP contribution in [0.15, 0.2) is 18.3 Å². The summed E-state index contributed by atoms with van der Waals surface area (Å²) in [5.41, 5.74) is 0.525. The molecule has 116 valence electrons.